The number of hydrogen-bond donors (Lipinski definition) is 3. The van der Waals surface area contributed by atoms with Crippen molar-refractivity contribution in [3.63, 3.8) is 0 Å². The topological polar surface area (TPSA) is 110 Å². The largest absolute Gasteiger partial charge is 0.497 e. The number of benzene rings is 2. The van der Waals surface area contributed by atoms with Gasteiger partial charge in [-0.25, -0.2) is 0 Å². The molecular formula is C23H31NO5. The minimum absolute atomic E-state index is 0.0793. The molecule has 6 heteroatoms. The summed E-state index contributed by atoms with van der Waals surface area (Å²) in [6.07, 6.45) is 5.77. The van der Waals surface area contributed by atoms with Gasteiger partial charge in [-0.1, -0.05) is 43.5 Å². The van der Waals surface area contributed by atoms with Gasteiger partial charge in [-0.15, -0.1) is 0 Å². The van der Waals surface area contributed by atoms with Crippen LogP contribution in [0.1, 0.15) is 56.9 Å². The fourth-order valence-electron chi connectivity index (χ4n) is 3.86. The van der Waals surface area contributed by atoms with Gasteiger partial charge >= 0.3 is 11.9 Å². The van der Waals surface area contributed by atoms with Crippen LogP contribution in [0.3, 0.4) is 0 Å². The lowest BCUT2D eigenvalue weighted by molar-refractivity contribution is -0.140. The maximum atomic E-state index is 10.9. The molecule has 0 saturated heterocycles. The Balaban J connectivity index is 0.000000221. The van der Waals surface area contributed by atoms with Crippen LogP contribution in [0.4, 0.5) is 0 Å². The summed E-state index contributed by atoms with van der Waals surface area (Å²) in [5.74, 6) is -1.20. The van der Waals surface area contributed by atoms with E-state index in [0.29, 0.717) is 6.54 Å². The van der Waals surface area contributed by atoms with E-state index in [2.05, 4.69) is 0 Å². The molecule has 0 amide bonds. The summed E-state index contributed by atoms with van der Waals surface area (Å²) in [5, 5.41) is 19.7. The number of hydrogen-bond acceptors (Lipinski definition) is 4. The summed E-state index contributed by atoms with van der Waals surface area (Å²) in [5.41, 5.74) is 6.36. The fourth-order valence-corrected chi connectivity index (χ4v) is 3.86. The second-order valence-corrected chi connectivity index (χ2v) is 7.87. The maximum Gasteiger partial charge on any atom is 0.310 e. The molecule has 6 nitrogen and oxygen atoms in total. The van der Waals surface area contributed by atoms with Crippen LogP contribution in [0.5, 0.6) is 5.75 Å². The Labute approximate surface area is 171 Å². The van der Waals surface area contributed by atoms with Gasteiger partial charge in [-0.2, -0.15) is 0 Å². The molecule has 1 unspecified atom stereocenters. The van der Waals surface area contributed by atoms with Crippen molar-refractivity contribution in [1.82, 2.24) is 0 Å². The maximum absolute atomic E-state index is 10.9. The summed E-state index contributed by atoms with van der Waals surface area (Å²) >= 11 is 0. The second kappa shape index (κ2) is 10.3. The van der Waals surface area contributed by atoms with E-state index in [1.54, 1.807) is 14.0 Å². The summed E-state index contributed by atoms with van der Waals surface area (Å²) in [6, 6.07) is 11.4. The number of rotatable bonds is 6. The highest BCUT2D eigenvalue weighted by atomic mass is 16.5. The van der Waals surface area contributed by atoms with Crippen molar-refractivity contribution in [2.45, 2.75) is 51.4 Å². The third-order valence-electron chi connectivity index (χ3n) is 5.82. The third-order valence-corrected chi connectivity index (χ3v) is 5.82. The van der Waals surface area contributed by atoms with Gasteiger partial charge in [0.05, 0.1) is 19.4 Å². The monoisotopic (exact) mass is 401 g/mol. The Morgan fingerprint density at radius 3 is 2.24 bits per heavy atom. The predicted octanol–water partition coefficient (Wildman–Crippen LogP) is 4.41. The van der Waals surface area contributed by atoms with Crippen LogP contribution in [-0.2, 0) is 9.59 Å². The van der Waals surface area contributed by atoms with Gasteiger partial charge in [0.25, 0.3) is 0 Å². The summed E-state index contributed by atoms with van der Waals surface area (Å²) in [6.45, 7) is 2.21. The number of carbonyl (C=O) groups is 2. The molecule has 1 aliphatic carbocycles. The Hall–Kier alpha value is -2.60. The number of carboxylic acids is 2. The van der Waals surface area contributed by atoms with Crippen molar-refractivity contribution < 1.29 is 24.5 Å². The SMILES string of the molecule is COc1ccc2cc(C(C)C(=O)O)ccc2c1.NCC1(CC(=O)O)CCCCC1. The predicted molar refractivity (Wildman–Crippen MR) is 113 cm³/mol. The van der Waals surface area contributed by atoms with E-state index in [0.717, 1.165) is 47.8 Å². The van der Waals surface area contributed by atoms with Crippen LogP contribution in [0.2, 0.25) is 0 Å². The highest BCUT2D eigenvalue weighted by molar-refractivity contribution is 5.86. The normalized spacial score (nSPS) is 16.4. The van der Waals surface area contributed by atoms with Gasteiger partial charge in [-0.3, -0.25) is 9.59 Å². The average Bonchev–Trinajstić information content (AvgIpc) is 2.73. The molecule has 29 heavy (non-hydrogen) atoms. The smallest absolute Gasteiger partial charge is 0.310 e. The first-order chi connectivity index (χ1) is 13.8. The van der Waals surface area contributed by atoms with Gasteiger partial charge in [0.15, 0.2) is 0 Å². The molecule has 1 fully saturated rings. The Morgan fingerprint density at radius 2 is 1.69 bits per heavy atom. The first kappa shape index (κ1) is 22.7. The molecular weight excluding hydrogens is 370 g/mol. The van der Waals surface area contributed by atoms with Gasteiger partial charge in [0.1, 0.15) is 5.75 Å². The standard InChI is InChI=1S/C14H14O3.C9H17NO2/c1-9(14(15)16)10-3-4-12-8-13(17-2)6-5-11(12)7-10;10-7-9(6-8(11)12)4-2-1-3-5-9/h3-9H,1-2H3,(H,15,16);1-7,10H2,(H,11,12). The minimum Gasteiger partial charge on any atom is -0.497 e. The van der Waals surface area contributed by atoms with Crippen molar-refractivity contribution in [3.05, 3.63) is 42.0 Å². The van der Waals surface area contributed by atoms with Crippen LogP contribution in [0, 0.1) is 5.41 Å². The molecule has 4 N–H and O–H groups in total. The number of nitrogens with two attached hydrogens (primary N) is 1. The molecule has 3 rings (SSSR count). The lowest BCUT2D eigenvalue weighted by Crippen LogP contribution is -2.34. The lowest BCUT2D eigenvalue weighted by Gasteiger charge is -2.34. The van der Waals surface area contributed by atoms with Crippen LogP contribution < -0.4 is 10.5 Å². The molecule has 0 bridgehead atoms. The van der Waals surface area contributed by atoms with E-state index < -0.39 is 17.9 Å². The second-order valence-electron chi connectivity index (χ2n) is 7.87. The molecule has 1 aliphatic rings. The van der Waals surface area contributed by atoms with Gasteiger partial charge < -0.3 is 20.7 Å². The Bertz CT molecular complexity index is 842. The molecule has 2 aromatic rings. The highest BCUT2D eigenvalue weighted by Gasteiger charge is 2.32. The van der Waals surface area contributed by atoms with Crippen LogP contribution in [0.15, 0.2) is 36.4 Å². The average molecular weight is 402 g/mol. The Kier molecular flexibility index (Phi) is 8.02. The summed E-state index contributed by atoms with van der Waals surface area (Å²) in [7, 11) is 1.63. The van der Waals surface area contributed by atoms with Crippen molar-refractivity contribution in [1.29, 1.82) is 0 Å². The van der Waals surface area contributed by atoms with Gasteiger partial charge in [0, 0.05) is 0 Å². The molecule has 0 heterocycles. The fraction of sp³-hybridized carbons (Fsp3) is 0.478. The molecule has 0 aromatic heterocycles. The Morgan fingerprint density at radius 1 is 1.07 bits per heavy atom. The van der Waals surface area contributed by atoms with Crippen molar-refractivity contribution in [2.75, 3.05) is 13.7 Å². The number of fused-ring (bicyclic) bond motifs is 1. The van der Waals surface area contributed by atoms with E-state index in [-0.39, 0.29) is 11.8 Å². The van der Waals surface area contributed by atoms with E-state index in [1.807, 2.05) is 36.4 Å². The first-order valence-corrected chi connectivity index (χ1v) is 10.0. The third kappa shape index (κ3) is 6.19. The van der Waals surface area contributed by atoms with Crippen molar-refractivity contribution >= 4 is 22.7 Å². The highest BCUT2D eigenvalue weighted by Crippen LogP contribution is 2.38. The number of ether oxygens (including phenoxy) is 1. The van der Waals surface area contributed by atoms with Gasteiger partial charge in [0.2, 0.25) is 0 Å². The van der Waals surface area contributed by atoms with E-state index >= 15 is 0 Å². The molecule has 0 spiro atoms. The van der Waals surface area contributed by atoms with Gasteiger partial charge in [-0.05, 0) is 60.2 Å². The first-order valence-electron chi connectivity index (χ1n) is 10.0. The van der Waals surface area contributed by atoms with Crippen molar-refractivity contribution in [2.24, 2.45) is 11.1 Å². The minimum atomic E-state index is -0.808. The number of aliphatic carboxylic acids is 2. The molecule has 0 radical (unpaired) electrons. The molecule has 2 aromatic carbocycles. The van der Waals surface area contributed by atoms with E-state index in [4.69, 9.17) is 20.7 Å². The van der Waals surface area contributed by atoms with E-state index in [1.165, 1.54) is 6.42 Å². The summed E-state index contributed by atoms with van der Waals surface area (Å²) < 4.78 is 5.14. The zero-order valence-corrected chi connectivity index (χ0v) is 17.2. The number of methoxy groups -OCH3 is 1. The number of carboxylic acid groups (broad SMARTS) is 2. The lowest BCUT2D eigenvalue weighted by atomic mass is 9.72. The van der Waals surface area contributed by atoms with Crippen LogP contribution in [0.25, 0.3) is 10.8 Å². The summed E-state index contributed by atoms with van der Waals surface area (Å²) in [4.78, 5) is 21.5. The molecule has 0 aliphatic heterocycles. The molecule has 158 valence electrons. The quantitative estimate of drug-likeness (QED) is 0.661. The molecule has 1 saturated carbocycles. The van der Waals surface area contributed by atoms with Crippen molar-refractivity contribution in [3.8, 4) is 5.75 Å². The van der Waals surface area contributed by atoms with E-state index in [9.17, 15) is 9.59 Å². The zero-order valence-electron chi connectivity index (χ0n) is 17.2. The van der Waals surface area contributed by atoms with Crippen LogP contribution >= 0.6 is 0 Å². The van der Waals surface area contributed by atoms with Crippen LogP contribution in [-0.4, -0.2) is 35.8 Å². The molecule has 1 atom stereocenters. The zero-order chi connectivity index (χ0) is 21.4.